The summed E-state index contributed by atoms with van der Waals surface area (Å²) in [4.78, 5) is 49.2. The highest BCUT2D eigenvalue weighted by atomic mass is 16.6. The van der Waals surface area contributed by atoms with E-state index in [4.69, 9.17) is 24.7 Å². The van der Waals surface area contributed by atoms with E-state index in [1.54, 1.807) is 6.07 Å². The van der Waals surface area contributed by atoms with Crippen LogP contribution in [0.25, 0.3) is 0 Å². The monoisotopic (exact) mass is 521 g/mol. The van der Waals surface area contributed by atoms with Crippen molar-refractivity contribution >= 4 is 23.9 Å². The first-order valence-electron chi connectivity index (χ1n) is 13.2. The fourth-order valence-electron chi connectivity index (χ4n) is 3.48. The number of hydrogen-bond donors (Lipinski definition) is 1. The second-order valence-corrected chi connectivity index (χ2v) is 9.45. The summed E-state index contributed by atoms with van der Waals surface area (Å²) in [6.07, 6.45) is 4.66. The van der Waals surface area contributed by atoms with Gasteiger partial charge in [-0.15, -0.1) is 0 Å². The van der Waals surface area contributed by atoms with Gasteiger partial charge in [-0.25, -0.2) is 0 Å². The molecule has 0 spiro atoms. The first-order valence-corrected chi connectivity index (χ1v) is 13.2. The largest absolute Gasteiger partial charge is 0.468 e. The van der Waals surface area contributed by atoms with Crippen molar-refractivity contribution in [2.45, 2.75) is 97.4 Å². The third kappa shape index (κ3) is 11.8. The molecule has 1 aromatic carbocycles. The molecule has 0 bridgehead atoms. The number of unbranched alkanes of at least 4 members (excludes halogenated alkanes) is 2. The average molecular weight is 522 g/mol. The molecule has 0 aliphatic heterocycles. The van der Waals surface area contributed by atoms with Gasteiger partial charge in [0.2, 0.25) is 0 Å². The third-order valence-corrected chi connectivity index (χ3v) is 6.06. The molecule has 9 heteroatoms. The fraction of sp³-hybridized carbons (Fsp3) is 0.643. The van der Waals surface area contributed by atoms with Crippen LogP contribution in [-0.4, -0.2) is 43.1 Å². The van der Waals surface area contributed by atoms with Gasteiger partial charge in [0.1, 0.15) is 5.54 Å². The predicted octanol–water partition coefficient (Wildman–Crippen LogP) is 4.66. The molecular formula is C28H43NO8. The van der Waals surface area contributed by atoms with E-state index < -0.39 is 23.4 Å². The molecule has 2 N–H and O–H groups in total. The zero-order valence-corrected chi connectivity index (χ0v) is 22.9. The lowest BCUT2D eigenvalue weighted by Crippen LogP contribution is -2.51. The molecule has 1 aromatic rings. The quantitative estimate of drug-likeness (QED) is 0.230. The van der Waals surface area contributed by atoms with Gasteiger partial charge in [-0.05, 0) is 36.5 Å². The summed E-state index contributed by atoms with van der Waals surface area (Å²) in [5.74, 6) is -1.50. The van der Waals surface area contributed by atoms with Crippen LogP contribution in [-0.2, 0) is 35.1 Å². The summed E-state index contributed by atoms with van der Waals surface area (Å²) in [7, 11) is 1.23. The number of esters is 4. The van der Waals surface area contributed by atoms with Gasteiger partial charge >= 0.3 is 23.9 Å². The Morgan fingerprint density at radius 1 is 0.919 bits per heavy atom. The minimum absolute atomic E-state index is 0.0200. The van der Waals surface area contributed by atoms with E-state index in [0.29, 0.717) is 18.4 Å². The van der Waals surface area contributed by atoms with E-state index >= 15 is 0 Å². The minimum atomic E-state index is -1.49. The Hall–Kier alpha value is -2.94. The number of hydrogen-bond acceptors (Lipinski definition) is 9. The van der Waals surface area contributed by atoms with Gasteiger partial charge in [-0.2, -0.15) is 0 Å². The van der Waals surface area contributed by atoms with E-state index in [1.165, 1.54) is 19.2 Å². The van der Waals surface area contributed by atoms with Crippen LogP contribution < -0.4 is 15.2 Å². The van der Waals surface area contributed by atoms with Crippen LogP contribution in [0.5, 0.6) is 11.5 Å². The molecule has 208 valence electrons. The van der Waals surface area contributed by atoms with E-state index in [0.717, 1.165) is 19.3 Å². The van der Waals surface area contributed by atoms with Crippen molar-refractivity contribution in [2.24, 2.45) is 11.7 Å². The molecule has 0 aromatic heterocycles. The average Bonchev–Trinajstić information content (AvgIpc) is 2.86. The molecule has 1 unspecified atom stereocenters. The van der Waals surface area contributed by atoms with E-state index in [2.05, 4.69) is 0 Å². The number of carbonyl (C=O) groups is 4. The van der Waals surface area contributed by atoms with Crippen molar-refractivity contribution in [2.75, 3.05) is 13.7 Å². The van der Waals surface area contributed by atoms with Crippen LogP contribution in [0.4, 0.5) is 0 Å². The molecule has 0 amide bonds. The Morgan fingerprint density at radius 3 is 2.05 bits per heavy atom. The van der Waals surface area contributed by atoms with Crippen molar-refractivity contribution in [1.29, 1.82) is 0 Å². The molecule has 0 aliphatic rings. The topological polar surface area (TPSA) is 131 Å². The summed E-state index contributed by atoms with van der Waals surface area (Å²) in [6.45, 7) is 7.83. The zero-order chi connectivity index (χ0) is 27.8. The van der Waals surface area contributed by atoms with Crippen molar-refractivity contribution in [1.82, 2.24) is 0 Å². The van der Waals surface area contributed by atoms with E-state index in [1.807, 2.05) is 27.7 Å². The van der Waals surface area contributed by atoms with Crippen molar-refractivity contribution in [3.8, 4) is 11.5 Å². The van der Waals surface area contributed by atoms with E-state index in [-0.39, 0.29) is 62.1 Å². The second-order valence-electron chi connectivity index (χ2n) is 9.45. The van der Waals surface area contributed by atoms with Crippen LogP contribution in [0.3, 0.4) is 0 Å². The Bertz CT molecular complexity index is 900. The molecule has 2 atom stereocenters. The second kappa shape index (κ2) is 16.7. The van der Waals surface area contributed by atoms with Crippen molar-refractivity contribution in [3.63, 3.8) is 0 Å². The van der Waals surface area contributed by atoms with Gasteiger partial charge in [-0.3, -0.25) is 19.2 Å². The highest BCUT2D eigenvalue weighted by molar-refractivity contribution is 5.81. The van der Waals surface area contributed by atoms with Crippen molar-refractivity contribution < 1.29 is 38.1 Å². The lowest BCUT2D eigenvalue weighted by Gasteiger charge is -2.27. The Kier molecular flexibility index (Phi) is 14.5. The summed E-state index contributed by atoms with van der Waals surface area (Å²) < 4.78 is 21.2. The molecular weight excluding hydrogens is 478 g/mol. The fourth-order valence-corrected chi connectivity index (χ4v) is 3.48. The van der Waals surface area contributed by atoms with E-state index in [9.17, 15) is 19.2 Å². The molecule has 9 nitrogen and oxygen atoms in total. The maximum Gasteiger partial charge on any atom is 0.326 e. The van der Waals surface area contributed by atoms with Crippen LogP contribution in [0.1, 0.15) is 91.0 Å². The highest BCUT2D eigenvalue weighted by Crippen LogP contribution is 2.31. The Morgan fingerprint density at radius 2 is 1.51 bits per heavy atom. The highest BCUT2D eigenvalue weighted by Gasteiger charge is 2.36. The molecule has 0 fully saturated rings. The van der Waals surface area contributed by atoms with Crippen LogP contribution >= 0.6 is 0 Å². The number of rotatable bonds is 17. The zero-order valence-electron chi connectivity index (χ0n) is 22.9. The van der Waals surface area contributed by atoms with Gasteiger partial charge < -0.3 is 24.7 Å². The molecule has 0 aliphatic carbocycles. The first-order chi connectivity index (χ1) is 17.6. The summed E-state index contributed by atoms with van der Waals surface area (Å²) in [5, 5.41) is 0. The predicted molar refractivity (Wildman–Crippen MR) is 139 cm³/mol. The van der Waals surface area contributed by atoms with Gasteiger partial charge in [0.25, 0.3) is 0 Å². The van der Waals surface area contributed by atoms with Gasteiger partial charge in [0.05, 0.1) is 13.7 Å². The normalized spacial score (nSPS) is 13.2. The van der Waals surface area contributed by atoms with Crippen LogP contribution in [0, 0.1) is 5.92 Å². The maximum atomic E-state index is 12.6. The molecule has 0 radical (unpaired) electrons. The van der Waals surface area contributed by atoms with Gasteiger partial charge in [-0.1, -0.05) is 53.0 Å². The smallest absolute Gasteiger partial charge is 0.326 e. The lowest BCUT2D eigenvalue weighted by atomic mass is 9.88. The third-order valence-electron chi connectivity index (χ3n) is 6.06. The SMILES string of the molecule is CCCCC(=O)Oc1ccc(C[C@](N)(CCOC(=O)CC(C)CC)C(=O)OC)cc1OC(=O)CCCC. The van der Waals surface area contributed by atoms with Crippen LogP contribution in [0.15, 0.2) is 18.2 Å². The van der Waals surface area contributed by atoms with Crippen molar-refractivity contribution in [3.05, 3.63) is 23.8 Å². The standard InChI is InChI=1S/C28H43NO8/c1-6-9-11-24(30)36-22-14-13-21(18-23(22)37-25(31)12-10-7-2)19-28(29,27(33)34-5)15-16-35-26(32)17-20(4)8-3/h13-14,18,20H,6-12,15-17,19,29H2,1-5H3/t20?,28-/m1/s1. The Balaban J connectivity index is 3.09. The lowest BCUT2D eigenvalue weighted by molar-refractivity contribution is -0.151. The number of methoxy groups -OCH3 is 1. The van der Waals surface area contributed by atoms with Gasteiger partial charge in [0.15, 0.2) is 11.5 Å². The molecule has 0 saturated heterocycles. The number of carbonyl (C=O) groups excluding carboxylic acids is 4. The number of benzene rings is 1. The summed E-state index contributed by atoms with van der Waals surface area (Å²) in [6, 6.07) is 4.70. The first kappa shape index (κ1) is 32.1. The van der Waals surface area contributed by atoms with Gasteiger partial charge in [0, 0.05) is 32.1 Å². The number of nitrogens with two attached hydrogens (primary N) is 1. The van der Waals surface area contributed by atoms with Crippen LogP contribution in [0.2, 0.25) is 0 Å². The molecule has 0 saturated carbocycles. The number of ether oxygens (including phenoxy) is 4. The Labute approximate surface area is 220 Å². The summed E-state index contributed by atoms with van der Waals surface area (Å²) in [5.41, 5.74) is 5.50. The maximum absolute atomic E-state index is 12.6. The summed E-state index contributed by atoms with van der Waals surface area (Å²) >= 11 is 0. The minimum Gasteiger partial charge on any atom is -0.468 e. The molecule has 37 heavy (non-hydrogen) atoms. The molecule has 1 rings (SSSR count). The molecule has 0 heterocycles.